The van der Waals surface area contributed by atoms with Crippen molar-refractivity contribution in [2.45, 2.75) is 19.5 Å². The molecule has 156 valence electrons. The zero-order chi connectivity index (χ0) is 21.4. The van der Waals surface area contributed by atoms with Crippen molar-refractivity contribution in [3.05, 3.63) is 94.3 Å². The van der Waals surface area contributed by atoms with Crippen LogP contribution in [0.5, 0.6) is 11.5 Å². The molecule has 0 bridgehead atoms. The van der Waals surface area contributed by atoms with Crippen molar-refractivity contribution in [2.24, 2.45) is 0 Å². The van der Waals surface area contributed by atoms with Crippen molar-refractivity contribution in [3.63, 3.8) is 0 Å². The summed E-state index contributed by atoms with van der Waals surface area (Å²) in [6.07, 6.45) is 1.53. The summed E-state index contributed by atoms with van der Waals surface area (Å²) < 4.78 is 17.5. The Morgan fingerprint density at radius 3 is 2.55 bits per heavy atom. The average Bonchev–Trinajstić information content (AvgIpc) is 2.84. The maximum Gasteiger partial charge on any atom is 0.200 e. The Morgan fingerprint density at radius 2 is 1.74 bits per heavy atom. The Bertz CT molecular complexity index is 1300. The van der Waals surface area contributed by atoms with Gasteiger partial charge >= 0.3 is 0 Å². The third-order valence-electron chi connectivity index (χ3n) is 5.98. The van der Waals surface area contributed by atoms with E-state index in [1.165, 1.54) is 11.8 Å². The van der Waals surface area contributed by atoms with Gasteiger partial charge in [-0.25, -0.2) is 0 Å². The molecule has 5 nitrogen and oxygen atoms in total. The lowest BCUT2D eigenvalue weighted by molar-refractivity contribution is 0.0620. The Labute approximate surface area is 180 Å². The van der Waals surface area contributed by atoms with Crippen LogP contribution in [-0.4, -0.2) is 18.7 Å². The third-order valence-corrected chi connectivity index (χ3v) is 5.98. The van der Waals surface area contributed by atoms with Crippen molar-refractivity contribution in [1.29, 1.82) is 0 Å². The normalized spacial score (nSPS) is 14.6. The van der Waals surface area contributed by atoms with Gasteiger partial charge in [0.1, 0.15) is 30.1 Å². The summed E-state index contributed by atoms with van der Waals surface area (Å²) in [4.78, 5) is 15.6. The first kappa shape index (κ1) is 19.4. The predicted molar refractivity (Wildman–Crippen MR) is 120 cm³/mol. The minimum atomic E-state index is -0.0817. The number of hydrogen-bond acceptors (Lipinski definition) is 5. The molecular formula is C26H23NO4. The zero-order valence-electron chi connectivity index (χ0n) is 17.5. The first-order valence-corrected chi connectivity index (χ1v) is 10.3. The van der Waals surface area contributed by atoms with Crippen molar-refractivity contribution in [2.75, 3.05) is 13.8 Å². The summed E-state index contributed by atoms with van der Waals surface area (Å²) in [5, 5.41) is 0.542. The fourth-order valence-electron chi connectivity index (χ4n) is 4.17. The van der Waals surface area contributed by atoms with E-state index in [4.69, 9.17) is 13.9 Å². The van der Waals surface area contributed by atoms with Crippen LogP contribution in [0.3, 0.4) is 0 Å². The monoisotopic (exact) mass is 413 g/mol. The van der Waals surface area contributed by atoms with Gasteiger partial charge in [0.05, 0.1) is 23.6 Å². The van der Waals surface area contributed by atoms with E-state index in [1.807, 2.05) is 48.5 Å². The molecule has 2 heterocycles. The van der Waals surface area contributed by atoms with Gasteiger partial charge < -0.3 is 13.9 Å². The van der Waals surface area contributed by atoms with Crippen LogP contribution < -0.4 is 14.9 Å². The lowest BCUT2D eigenvalue weighted by Gasteiger charge is -2.34. The van der Waals surface area contributed by atoms with Gasteiger partial charge in [0.2, 0.25) is 5.43 Å². The van der Waals surface area contributed by atoms with Crippen molar-refractivity contribution < 1.29 is 13.9 Å². The predicted octanol–water partition coefficient (Wildman–Crippen LogP) is 5.38. The van der Waals surface area contributed by atoms with E-state index in [0.29, 0.717) is 41.1 Å². The zero-order valence-corrected chi connectivity index (χ0v) is 17.5. The summed E-state index contributed by atoms with van der Waals surface area (Å²) in [5.41, 5.74) is 3.81. The van der Waals surface area contributed by atoms with E-state index < -0.39 is 0 Å². The van der Waals surface area contributed by atoms with Crippen LogP contribution in [0.1, 0.15) is 24.1 Å². The molecule has 4 aromatic rings. The lowest BCUT2D eigenvalue weighted by Crippen LogP contribution is -2.34. The molecule has 0 saturated heterocycles. The average molecular weight is 413 g/mol. The maximum absolute atomic E-state index is 13.3. The standard InChI is InChI=1S/C26H23NO4/c1-17(18-8-4-3-5-9-18)27-14-21-24(31-16-27)13-12-20-25(28)22(15-30-26(20)21)19-10-6-7-11-23(19)29-2/h3-13,15,17H,14,16H2,1-2H3/t17-/m1/s1. The van der Waals surface area contributed by atoms with Crippen molar-refractivity contribution in [1.82, 2.24) is 4.90 Å². The maximum atomic E-state index is 13.3. The van der Waals surface area contributed by atoms with Gasteiger partial charge in [-0.05, 0) is 30.7 Å². The van der Waals surface area contributed by atoms with E-state index in [2.05, 4.69) is 24.0 Å². The summed E-state index contributed by atoms with van der Waals surface area (Å²) in [6.45, 7) is 3.28. The highest BCUT2D eigenvalue weighted by atomic mass is 16.5. The fourth-order valence-corrected chi connectivity index (χ4v) is 4.17. The van der Waals surface area contributed by atoms with Crippen LogP contribution in [0.2, 0.25) is 0 Å². The van der Waals surface area contributed by atoms with Crippen LogP contribution >= 0.6 is 0 Å². The SMILES string of the molecule is COc1ccccc1-c1coc2c3c(ccc2c1=O)OCN([C@H](C)c1ccccc1)C3. The number of ether oxygens (including phenoxy) is 2. The molecule has 0 amide bonds. The van der Waals surface area contributed by atoms with Crippen LogP contribution in [0.4, 0.5) is 0 Å². The highest BCUT2D eigenvalue weighted by Gasteiger charge is 2.26. The number of rotatable bonds is 4. The minimum Gasteiger partial charge on any atom is -0.496 e. The second-order valence-electron chi connectivity index (χ2n) is 7.70. The fraction of sp³-hybridized carbons (Fsp3) is 0.192. The first-order valence-electron chi connectivity index (χ1n) is 10.3. The Hall–Kier alpha value is -3.57. The lowest BCUT2D eigenvalue weighted by atomic mass is 10.0. The topological polar surface area (TPSA) is 51.9 Å². The second kappa shape index (κ2) is 7.93. The molecule has 1 atom stereocenters. The number of para-hydroxylation sites is 1. The molecule has 1 aliphatic rings. The number of fused-ring (bicyclic) bond motifs is 3. The molecule has 0 radical (unpaired) electrons. The summed E-state index contributed by atoms with van der Waals surface area (Å²) >= 11 is 0. The quantitative estimate of drug-likeness (QED) is 0.449. The van der Waals surface area contributed by atoms with Crippen LogP contribution in [0.15, 0.2) is 82.2 Å². The molecule has 0 saturated carbocycles. The van der Waals surface area contributed by atoms with E-state index in [0.717, 1.165) is 11.3 Å². The summed E-state index contributed by atoms with van der Waals surface area (Å²) in [6, 6.07) is 21.6. The molecular weight excluding hydrogens is 390 g/mol. The van der Waals surface area contributed by atoms with Gasteiger partial charge in [-0.2, -0.15) is 0 Å². The highest BCUT2D eigenvalue weighted by molar-refractivity contribution is 5.86. The largest absolute Gasteiger partial charge is 0.496 e. The van der Waals surface area contributed by atoms with Crippen LogP contribution in [0, 0.1) is 0 Å². The Balaban J connectivity index is 1.57. The number of benzene rings is 3. The van der Waals surface area contributed by atoms with E-state index in [9.17, 15) is 4.79 Å². The van der Waals surface area contributed by atoms with Gasteiger partial charge in [0, 0.05) is 18.2 Å². The summed E-state index contributed by atoms with van der Waals surface area (Å²) in [5.74, 6) is 1.40. The Kier molecular flexibility index (Phi) is 4.96. The molecule has 0 aliphatic carbocycles. The molecule has 1 aromatic heterocycles. The molecule has 31 heavy (non-hydrogen) atoms. The van der Waals surface area contributed by atoms with E-state index in [1.54, 1.807) is 13.2 Å². The van der Waals surface area contributed by atoms with Crippen LogP contribution in [0.25, 0.3) is 22.1 Å². The molecule has 5 rings (SSSR count). The van der Waals surface area contributed by atoms with Gasteiger partial charge in [0.15, 0.2) is 0 Å². The minimum absolute atomic E-state index is 0.0817. The molecule has 1 aliphatic heterocycles. The number of hydrogen-bond donors (Lipinski definition) is 0. The highest BCUT2D eigenvalue weighted by Crippen LogP contribution is 2.36. The molecule has 0 unspecified atom stereocenters. The smallest absolute Gasteiger partial charge is 0.200 e. The van der Waals surface area contributed by atoms with E-state index in [-0.39, 0.29) is 11.5 Å². The van der Waals surface area contributed by atoms with Gasteiger partial charge in [-0.1, -0.05) is 48.5 Å². The van der Waals surface area contributed by atoms with Crippen molar-refractivity contribution >= 4 is 11.0 Å². The first-order chi connectivity index (χ1) is 15.2. The second-order valence-corrected chi connectivity index (χ2v) is 7.70. The molecule has 0 fully saturated rings. The van der Waals surface area contributed by atoms with Gasteiger partial charge in [0.25, 0.3) is 0 Å². The molecule has 0 N–H and O–H groups in total. The molecule has 0 spiro atoms. The third kappa shape index (κ3) is 3.37. The van der Waals surface area contributed by atoms with E-state index >= 15 is 0 Å². The number of methoxy groups -OCH3 is 1. The van der Waals surface area contributed by atoms with Gasteiger partial charge in [-0.3, -0.25) is 9.69 Å². The number of nitrogens with zero attached hydrogens (tertiary/aromatic N) is 1. The van der Waals surface area contributed by atoms with Gasteiger partial charge in [-0.15, -0.1) is 0 Å². The van der Waals surface area contributed by atoms with Crippen LogP contribution in [-0.2, 0) is 6.54 Å². The molecule has 3 aromatic carbocycles. The Morgan fingerprint density at radius 1 is 0.968 bits per heavy atom. The molecule has 5 heteroatoms. The van der Waals surface area contributed by atoms with Crippen molar-refractivity contribution in [3.8, 4) is 22.6 Å². The summed E-state index contributed by atoms with van der Waals surface area (Å²) in [7, 11) is 1.59.